The van der Waals surface area contributed by atoms with Gasteiger partial charge in [-0.1, -0.05) is 19.9 Å². The molecule has 1 fully saturated rings. The van der Waals surface area contributed by atoms with E-state index in [2.05, 4.69) is 49.7 Å². The van der Waals surface area contributed by atoms with Crippen molar-refractivity contribution in [3.63, 3.8) is 0 Å². The second-order valence-electron chi connectivity index (χ2n) is 7.21. The van der Waals surface area contributed by atoms with Crippen molar-refractivity contribution >= 4 is 11.6 Å². The highest BCUT2D eigenvalue weighted by Gasteiger charge is 2.21. The average Bonchev–Trinajstić information content (AvgIpc) is 2.49. The van der Waals surface area contributed by atoms with Gasteiger partial charge in [-0.15, -0.1) is 0 Å². The quantitative estimate of drug-likeness (QED) is 0.781. The van der Waals surface area contributed by atoms with E-state index in [1.165, 1.54) is 0 Å². The third kappa shape index (κ3) is 4.71. The Labute approximate surface area is 140 Å². The van der Waals surface area contributed by atoms with Crippen molar-refractivity contribution < 1.29 is 4.79 Å². The molecule has 4 heteroatoms. The van der Waals surface area contributed by atoms with Crippen LogP contribution in [-0.2, 0) is 0 Å². The molecule has 0 bridgehead atoms. The Bertz CT molecular complexity index is 541. The van der Waals surface area contributed by atoms with Crippen molar-refractivity contribution in [2.45, 2.75) is 65.6 Å². The molecule has 1 aromatic carbocycles. The number of benzene rings is 1. The molecule has 2 rings (SSSR count). The van der Waals surface area contributed by atoms with Crippen LogP contribution in [-0.4, -0.2) is 30.6 Å². The lowest BCUT2D eigenvalue weighted by Gasteiger charge is -2.29. The SMILES string of the molecule is Cc1c(NC(C)C(C)C)cccc1C(=O)NC1CCNC(C)C1. The summed E-state index contributed by atoms with van der Waals surface area (Å²) < 4.78 is 0. The molecule has 128 valence electrons. The highest BCUT2D eigenvalue weighted by Crippen LogP contribution is 2.22. The third-order valence-electron chi connectivity index (χ3n) is 4.92. The van der Waals surface area contributed by atoms with Gasteiger partial charge in [-0.05, 0) is 63.8 Å². The van der Waals surface area contributed by atoms with Crippen LogP contribution < -0.4 is 16.0 Å². The molecule has 1 aromatic rings. The Hall–Kier alpha value is -1.55. The van der Waals surface area contributed by atoms with Crippen molar-refractivity contribution in [1.82, 2.24) is 10.6 Å². The maximum atomic E-state index is 12.7. The van der Waals surface area contributed by atoms with Gasteiger partial charge in [0.2, 0.25) is 0 Å². The van der Waals surface area contributed by atoms with E-state index in [0.29, 0.717) is 18.0 Å². The minimum Gasteiger partial charge on any atom is -0.382 e. The van der Waals surface area contributed by atoms with Gasteiger partial charge in [-0.3, -0.25) is 4.79 Å². The summed E-state index contributed by atoms with van der Waals surface area (Å²) in [4.78, 5) is 12.7. The smallest absolute Gasteiger partial charge is 0.251 e. The minimum atomic E-state index is 0.0439. The Balaban J connectivity index is 2.08. The number of carbonyl (C=O) groups excluding carboxylic acids is 1. The van der Waals surface area contributed by atoms with E-state index < -0.39 is 0 Å². The van der Waals surface area contributed by atoms with Crippen molar-refractivity contribution in [2.24, 2.45) is 5.92 Å². The van der Waals surface area contributed by atoms with Crippen LogP contribution >= 0.6 is 0 Å². The molecule has 3 unspecified atom stereocenters. The van der Waals surface area contributed by atoms with Gasteiger partial charge >= 0.3 is 0 Å². The number of anilines is 1. The summed E-state index contributed by atoms with van der Waals surface area (Å²) in [6.07, 6.45) is 1.99. The predicted octanol–water partition coefficient (Wildman–Crippen LogP) is 3.32. The molecule has 1 saturated heterocycles. The molecule has 1 aliphatic heterocycles. The van der Waals surface area contributed by atoms with E-state index >= 15 is 0 Å². The molecule has 1 amide bonds. The molecule has 0 aliphatic carbocycles. The van der Waals surface area contributed by atoms with Crippen LogP contribution in [0, 0.1) is 12.8 Å². The van der Waals surface area contributed by atoms with E-state index in [1.807, 2.05) is 19.1 Å². The first kappa shape index (κ1) is 17.8. The van der Waals surface area contributed by atoms with Gasteiger partial charge in [-0.2, -0.15) is 0 Å². The van der Waals surface area contributed by atoms with Crippen molar-refractivity contribution in [3.05, 3.63) is 29.3 Å². The van der Waals surface area contributed by atoms with E-state index in [-0.39, 0.29) is 11.9 Å². The number of carbonyl (C=O) groups is 1. The van der Waals surface area contributed by atoms with Crippen molar-refractivity contribution in [1.29, 1.82) is 0 Å². The lowest BCUT2D eigenvalue weighted by molar-refractivity contribution is 0.0925. The van der Waals surface area contributed by atoms with Crippen LogP contribution in [0.1, 0.15) is 56.5 Å². The van der Waals surface area contributed by atoms with Gasteiger partial charge in [0.15, 0.2) is 0 Å². The van der Waals surface area contributed by atoms with Crippen LogP contribution in [0.4, 0.5) is 5.69 Å². The van der Waals surface area contributed by atoms with Crippen LogP contribution in [0.15, 0.2) is 18.2 Å². The highest BCUT2D eigenvalue weighted by atomic mass is 16.1. The molecule has 1 aliphatic rings. The molecule has 0 radical (unpaired) electrons. The monoisotopic (exact) mass is 317 g/mol. The van der Waals surface area contributed by atoms with E-state index in [0.717, 1.165) is 36.2 Å². The maximum absolute atomic E-state index is 12.7. The molecule has 3 atom stereocenters. The first-order valence-electron chi connectivity index (χ1n) is 8.79. The second kappa shape index (κ2) is 7.82. The third-order valence-corrected chi connectivity index (χ3v) is 4.92. The number of amides is 1. The van der Waals surface area contributed by atoms with Crippen molar-refractivity contribution in [2.75, 3.05) is 11.9 Å². The number of hydrogen-bond donors (Lipinski definition) is 3. The summed E-state index contributed by atoms with van der Waals surface area (Å²) in [6.45, 7) is 11.7. The largest absolute Gasteiger partial charge is 0.382 e. The zero-order valence-corrected chi connectivity index (χ0v) is 15.1. The van der Waals surface area contributed by atoms with Crippen molar-refractivity contribution in [3.8, 4) is 0 Å². The molecular formula is C19H31N3O. The summed E-state index contributed by atoms with van der Waals surface area (Å²) in [6, 6.07) is 7.04. The number of hydrogen-bond acceptors (Lipinski definition) is 3. The molecule has 0 aromatic heterocycles. The van der Waals surface area contributed by atoms with Gasteiger partial charge in [0.25, 0.3) is 5.91 Å². The number of rotatable bonds is 5. The Morgan fingerprint density at radius 2 is 2.04 bits per heavy atom. The van der Waals surface area contributed by atoms with Gasteiger partial charge in [0, 0.05) is 29.4 Å². The Kier molecular flexibility index (Phi) is 6.05. The summed E-state index contributed by atoms with van der Waals surface area (Å²) in [5, 5.41) is 10.1. The molecule has 3 N–H and O–H groups in total. The average molecular weight is 317 g/mol. The molecule has 1 heterocycles. The first-order chi connectivity index (χ1) is 10.9. The number of piperidine rings is 1. The lowest BCUT2D eigenvalue weighted by Crippen LogP contribution is -2.46. The van der Waals surface area contributed by atoms with E-state index in [9.17, 15) is 4.79 Å². The Morgan fingerprint density at radius 1 is 1.30 bits per heavy atom. The molecule has 23 heavy (non-hydrogen) atoms. The molecule has 4 nitrogen and oxygen atoms in total. The van der Waals surface area contributed by atoms with Gasteiger partial charge in [0.05, 0.1) is 0 Å². The summed E-state index contributed by atoms with van der Waals surface area (Å²) in [5.74, 6) is 0.588. The zero-order chi connectivity index (χ0) is 17.0. The second-order valence-corrected chi connectivity index (χ2v) is 7.21. The molecule has 0 saturated carbocycles. The fourth-order valence-corrected chi connectivity index (χ4v) is 2.98. The fourth-order valence-electron chi connectivity index (χ4n) is 2.98. The predicted molar refractivity (Wildman–Crippen MR) is 97.1 cm³/mol. The minimum absolute atomic E-state index is 0.0439. The molecule has 0 spiro atoms. The van der Waals surface area contributed by atoms with Crippen LogP contribution in [0.3, 0.4) is 0 Å². The van der Waals surface area contributed by atoms with Crippen LogP contribution in [0.5, 0.6) is 0 Å². The summed E-state index contributed by atoms with van der Waals surface area (Å²) in [5.41, 5.74) is 2.86. The summed E-state index contributed by atoms with van der Waals surface area (Å²) in [7, 11) is 0. The van der Waals surface area contributed by atoms with Crippen LogP contribution in [0.2, 0.25) is 0 Å². The van der Waals surface area contributed by atoms with E-state index in [4.69, 9.17) is 0 Å². The lowest BCUT2D eigenvalue weighted by atomic mass is 9.99. The van der Waals surface area contributed by atoms with Gasteiger partial charge < -0.3 is 16.0 Å². The molecular weight excluding hydrogens is 286 g/mol. The van der Waals surface area contributed by atoms with Gasteiger partial charge in [0.1, 0.15) is 0 Å². The zero-order valence-electron chi connectivity index (χ0n) is 15.1. The Morgan fingerprint density at radius 3 is 2.70 bits per heavy atom. The first-order valence-corrected chi connectivity index (χ1v) is 8.79. The fraction of sp³-hybridized carbons (Fsp3) is 0.632. The van der Waals surface area contributed by atoms with Gasteiger partial charge in [-0.25, -0.2) is 0 Å². The topological polar surface area (TPSA) is 53.2 Å². The van der Waals surface area contributed by atoms with Crippen LogP contribution in [0.25, 0.3) is 0 Å². The normalized spacial score (nSPS) is 22.7. The standard InChI is InChI=1S/C19H31N3O/c1-12(2)15(5)21-18-8-6-7-17(14(18)4)19(23)22-16-9-10-20-13(3)11-16/h6-8,12-13,15-16,20-21H,9-11H2,1-5H3,(H,22,23). The summed E-state index contributed by atoms with van der Waals surface area (Å²) >= 11 is 0. The highest BCUT2D eigenvalue weighted by molar-refractivity contribution is 5.97. The number of nitrogens with one attached hydrogen (secondary N) is 3. The maximum Gasteiger partial charge on any atom is 0.251 e. The van der Waals surface area contributed by atoms with E-state index in [1.54, 1.807) is 0 Å².